The Balaban J connectivity index is 2.13. The summed E-state index contributed by atoms with van der Waals surface area (Å²) in [6, 6.07) is 6.47. The second kappa shape index (κ2) is 5.51. The average Bonchev–Trinajstić information content (AvgIpc) is 2.82. The minimum absolute atomic E-state index is 0.0565. The van der Waals surface area contributed by atoms with Gasteiger partial charge in [-0.2, -0.15) is 0 Å². The lowest BCUT2D eigenvalue weighted by Crippen LogP contribution is -2.20. The summed E-state index contributed by atoms with van der Waals surface area (Å²) in [4.78, 5) is 0.0565. The van der Waals surface area contributed by atoms with Gasteiger partial charge < -0.3 is 15.6 Å². The number of nitrogens with zero attached hydrogens (tertiary/aromatic N) is 1. The molecule has 1 aromatic heterocycles. The maximum Gasteiger partial charge on any atom is 0.242 e. The molecule has 0 radical (unpaired) electrons. The molecule has 0 bridgehead atoms. The van der Waals surface area contributed by atoms with Crippen molar-refractivity contribution >= 4 is 21.4 Å². The molecule has 0 amide bonds. The van der Waals surface area contributed by atoms with E-state index in [9.17, 15) is 8.42 Å². The first-order valence-corrected chi connectivity index (χ1v) is 7.40. The summed E-state index contributed by atoms with van der Waals surface area (Å²) in [5.41, 5.74) is 7.44. The number of nitrogens with one attached hydrogen (secondary N) is 2. The van der Waals surface area contributed by atoms with Gasteiger partial charge in [-0.3, -0.25) is 0 Å². The highest BCUT2D eigenvalue weighted by Gasteiger charge is 2.15. The molecule has 8 heteroatoms. The van der Waals surface area contributed by atoms with Gasteiger partial charge in [-0.05, 0) is 32.2 Å². The van der Waals surface area contributed by atoms with Crippen LogP contribution < -0.4 is 15.8 Å². The molecule has 0 aliphatic carbocycles. The SMILES string of the molecule is CNS(=O)(=O)c1ccc(NCc2cc(C)no2)cc1N. The van der Waals surface area contributed by atoms with Crippen LogP contribution in [0.2, 0.25) is 0 Å². The van der Waals surface area contributed by atoms with E-state index < -0.39 is 10.0 Å². The Hall–Kier alpha value is -2.06. The normalized spacial score (nSPS) is 11.5. The first kappa shape index (κ1) is 14.4. The Morgan fingerprint density at radius 2 is 2.10 bits per heavy atom. The molecule has 0 saturated heterocycles. The fraction of sp³-hybridized carbons (Fsp3) is 0.250. The molecule has 0 atom stereocenters. The van der Waals surface area contributed by atoms with Gasteiger partial charge in [0, 0.05) is 11.8 Å². The largest absolute Gasteiger partial charge is 0.398 e. The topological polar surface area (TPSA) is 110 Å². The van der Waals surface area contributed by atoms with E-state index in [2.05, 4.69) is 15.2 Å². The molecular formula is C12H16N4O3S. The standard InChI is InChI=1S/C12H16N4O3S/c1-8-5-10(19-16-8)7-15-9-3-4-12(11(13)6-9)20(17,18)14-2/h3-6,14-15H,7,13H2,1-2H3. The van der Waals surface area contributed by atoms with Crippen LogP contribution in [-0.4, -0.2) is 20.6 Å². The van der Waals surface area contributed by atoms with Crippen molar-refractivity contribution in [2.75, 3.05) is 18.1 Å². The third kappa shape index (κ3) is 3.09. The molecule has 0 fully saturated rings. The van der Waals surface area contributed by atoms with E-state index in [-0.39, 0.29) is 10.6 Å². The van der Waals surface area contributed by atoms with Crippen LogP contribution in [0.15, 0.2) is 33.7 Å². The van der Waals surface area contributed by atoms with Crippen molar-refractivity contribution in [3.8, 4) is 0 Å². The zero-order valence-electron chi connectivity index (χ0n) is 11.2. The van der Waals surface area contributed by atoms with Crippen molar-refractivity contribution in [2.45, 2.75) is 18.4 Å². The van der Waals surface area contributed by atoms with E-state index in [4.69, 9.17) is 10.3 Å². The predicted octanol–water partition coefficient (Wildman–Crippen LogP) is 1.09. The summed E-state index contributed by atoms with van der Waals surface area (Å²) in [5.74, 6) is 0.688. The Morgan fingerprint density at radius 1 is 1.35 bits per heavy atom. The minimum Gasteiger partial charge on any atom is -0.398 e. The van der Waals surface area contributed by atoms with E-state index in [0.717, 1.165) is 5.69 Å². The van der Waals surface area contributed by atoms with Gasteiger partial charge in [-0.15, -0.1) is 0 Å². The molecule has 4 N–H and O–H groups in total. The van der Waals surface area contributed by atoms with Gasteiger partial charge in [-0.25, -0.2) is 13.1 Å². The van der Waals surface area contributed by atoms with Gasteiger partial charge in [-0.1, -0.05) is 5.16 Å². The summed E-state index contributed by atoms with van der Waals surface area (Å²) in [7, 11) is -2.20. The van der Waals surface area contributed by atoms with Crippen LogP contribution >= 0.6 is 0 Å². The van der Waals surface area contributed by atoms with Gasteiger partial charge in [0.2, 0.25) is 10.0 Å². The summed E-state index contributed by atoms with van der Waals surface area (Å²) in [6.45, 7) is 2.28. The molecule has 2 aromatic rings. The van der Waals surface area contributed by atoms with E-state index >= 15 is 0 Å². The van der Waals surface area contributed by atoms with Crippen LogP contribution in [0.25, 0.3) is 0 Å². The summed E-state index contributed by atoms with van der Waals surface area (Å²) in [5, 5.41) is 6.86. The Kier molecular flexibility index (Phi) is 3.96. The number of nitrogen functional groups attached to an aromatic ring is 1. The number of benzene rings is 1. The number of anilines is 2. The molecule has 0 spiro atoms. The smallest absolute Gasteiger partial charge is 0.242 e. The van der Waals surface area contributed by atoms with Gasteiger partial charge in [0.15, 0.2) is 5.76 Å². The summed E-state index contributed by atoms with van der Waals surface area (Å²) < 4.78 is 30.6. The Bertz CT molecular complexity index is 709. The van der Waals surface area contributed by atoms with Crippen molar-refractivity contribution in [1.29, 1.82) is 0 Å². The molecular weight excluding hydrogens is 280 g/mol. The molecule has 1 aromatic carbocycles. The fourth-order valence-corrected chi connectivity index (χ4v) is 2.54. The van der Waals surface area contributed by atoms with Crippen LogP contribution in [0.5, 0.6) is 0 Å². The molecule has 0 unspecified atom stereocenters. The fourth-order valence-electron chi connectivity index (χ4n) is 1.70. The maximum atomic E-state index is 11.7. The number of nitrogens with two attached hydrogens (primary N) is 1. The average molecular weight is 296 g/mol. The van der Waals surface area contributed by atoms with Gasteiger partial charge in [0.1, 0.15) is 4.90 Å². The number of rotatable bonds is 5. The van der Waals surface area contributed by atoms with Crippen molar-refractivity contribution < 1.29 is 12.9 Å². The van der Waals surface area contributed by atoms with Gasteiger partial charge in [0.25, 0.3) is 0 Å². The molecule has 0 aliphatic heterocycles. The molecule has 1 heterocycles. The van der Waals surface area contributed by atoms with E-state index in [1.807, 2.05) is 13.0 Å². The zero-order valence-corrected chi connectivity index (χ0v) is 12.0. The molecule has 2 rings (SSSR count). The zero-order chi connectivity index (χ0) is 14.8. The lowest BCUT2D eigenvalue weighted by atomic mass is 10.2. The van der Waals surface area contributed by atoms with Crippen molar-refractivity contribution in [3.63, 3.8) is 0 Å². The number of hydrogen-bond acceptors (Lipinski definition) is 6. The second-order valence-corrected chi connectivity index (χ2v) is 6.10. The van der Waals surface area contributed by atoms with Gasteiger partial charge >= 0.3 is 0 Å². The third-order valence-corrected chi connectivity index (χ3v) is 4.20. The van der Waals surface area contributed by atoms with Crippen molar-refractivity contribution in [2.24, 2.45) is 0 Å². The number of aryl methyl sites for hydroxylation is 1. The predicted molar refractivity (Wildman–Crippen MR) is 75.7 cm³/mol. The van der Waals surface area contributed by atoms with Crippen LogP contribution in [-0.2, 0) is 16.6 Å². The van der Waals surface area contributed by atoms with Crippen LogP contribution in [0.3, 0.4) is 0 Å². The highest BCUT2D eigenvalue weighted by molar-refractivity contribution is 7.89. The summed E-state index contributed by atoms with van der Waals surface area (Å²) >= 11 is 0. The molecule has 108 valence electrons. The van der Waals surface area contributed by atoms with E-state index in [1.165, 1.54) is 13.1 Å². The van der Waals surface area contributed by atoms with E-state index in [1.54, 1.807) is 12.1 Å². The first-order chi connectivity index (χ1) is 9.42. The first-order valence-electron chi connectivity index (χ1n) is 5.91. The lowest BCUT2D eigenvalue weighted by molar-refractivity contribution is 0.384. The van der Waals surface area contributed by atoms with Crippen molar-refractivity contribution in [1.82, 2.24) is 9.88 Å². The van der Waals surface area contributed by atoms with Crippen LogP contribution in [0.4, 0.5) is 11.4 Å². The quantitative estimate of drug-likeness (QED) is 0.712. The monoisotopic (exact) mass is 296 g/mol. The number of sulfonamides is 1. The molecule has 7 nitrogen and oxygen atoms in total. The minimum atomic E-state index is -3.54. The highest BCUT2D eigenvalue weighted by Crippen LogP contribution is 2.22. The Morgan fingerprint density at radius 3 is 2.65 bits per heavy atom. The number of aromatic nitrogens is 1. The highest BCUT2D eigenvalue weighted by atomic mass is 32.2. The van der Waals surface area contributed by atoms with Crippen LogP contribution in [0.1, 0.15) is 11.5 Å². The van der Waals surface area contributed by atoms with Crippen molar-refractivity contribution in [3.05, 3.63) is 35.7 Å². The second-order valence-electron chi connectivity index (χ2n) is 4.25. The molecule has 20 heavy (non-hydrogen) atoms. The maximum absolute atomic E-state index is 11.7. The van der Waals surface area contributed by atoms with Crippen LogP contribution in [0, 0.1) is 6.92 Å². The molecule has 0 aliphatic rings. The van der Waals surface area contributed by atoms with E-state index in [0.29, 0.717) is 18.0 Å². The third-order valence-electron chi connectivity index (χ3n) is 2.71. The summed E-state index contributed by atoms with van der Waals surface area (Å²) in [6.07, 6.45) is 0. The Labute approximate surface area is 117 Å². The number of hydrogen-bond donors (Lipinski definition) is 3. The lowest BCUT2D eigenvalue weighted by Gasteiger charge is -2.09. The molecule has 0 saturated carbocycles. The van der Waals surface area contributed by atoms with Gasteiger partial charge in [0.05, 0.1) is 17.9 Å².